The van der Waals surface area contributed by atoms with Crippen LogP contribution in [0.25, 0.3) is 11.6 Å². The smallest absolute Gasteiger partial charge is 0.231 e. The van der Waals surface area contributed by atoms with Crippen molar-refractivity contribution in [2.45, 2.75) is 6.92 Å². The molecule has 0 saturated carbocycles. The van der Waals surface area contributed by atoms with E-state index in [1.54, 1.807) is 0 Å². The number of fused-ring (bicyclic) bond motifs is 1. The molecule has 1 aliphatic rings. The number of hydrogen-bond donors (Lipinski definition) is 2. The predicted molar refractivity (Wildman–Crippen MR) is 75.3 cm³/mol. The lowest BCUT2D eigenvalue weighted by Gasteiger charge is -2.00. The van der Waals surface area contributed by atoms with Crippen molar-refractivity contribution in [2.24, 2.45) is 4.99 Å². The lowest BCUT2D eigenvalue weighted by atomic mass is 10.0. The zero-order valence-corrected chi connectivity index (χ0v) is 10.5. The van der Waals surface area contributed by atoms with E-state index in [4.69, 9.17) is 5.73 Å². The van der Waals surface area contributed by atoms with Gasteiger partial charge in [-0.1, -0.05) is 29.5 Å². The van der Waals surface area contributed by atoms with Crippen LogP contribution in [0, 0.1) is 0 Å². The van der Waals surface area contributed by atoms with Crippen LogP contribution in [-0.2, 0) is 0 Å². The second-order valence-electron chi connectivity index (χ2n) is 4.01. The van der Waals surface area contributed by atoms with Crippen molar-refractivity contribution in [2.75, 3.05) is 5.73 Å². The normalized spacial score (nSPS) is 15.8. The average Bonchev–Trinajstić information content (AvgIpc) is 2.81. The molecule has 18 heavy (non-hydrogen) atoms. The van der Waals surface area contributed by atoms with Gasteiger partial charge in [0.15, 0.2) is 5.13 Å². The summed E-state index contributed by atoms with van der Waals surface area (Å²) in [4.78, 5) is 8.95. The molecule has 3 N–H and O–H groups in total. The summed E-state index contributed by atoms with van der Waals surface area (Å²) < 4.78 is 0. The third-order valence-electron chi connectivity index (χ3n) is 2.80. The Labute approximate surface area is 108 Å². The molecule has 0 atom stereocenters. The number of benzene rings is 1. The van der Waals surface area contributed by atoms with Crippen LogP contribution in [0.2, 0.25) is 0 Å². The van der Waals surface area contributed by atoms with Gasteiger partial charge in [0.25, 0.3) is 0 Å². The number of aromatic nitrogens is 1. The maximum absolute atomic E-state index is 9.66. The number of aliphatic imine (C=N–C) groups is 1. The molecule has 3 rings (SSSR count). The largest absolute Gasteiger partial charge is 0.492 e. The summed E-state index contributed by atoms with van der Waals surface area (Å²) in [6, 6.07) is 7.92. The van der Waals surface area contributed by atoms with Crippen LogP contribution in [0.5, 0.6) is 5.88 Å². The maximum Gasteiger partial charge on any atom is 0.231 e. The van der Waals surface area contributed by atoms with Crippen LogP contribution in [-0.4, -0.2) is 15.8 Å². The highest BCUT2D eigenvalue weighted by molar-refractivity contribution is 7.16. The third kappa shape index (κ3) is 1.69. The van der Waals surface area contributed by atoms with Crippen molar-refractivity contribution in [1.82, 2.24) is 4.98 Å². The molecule has 1 aliphatic heterocycles. The Hall–Kier alpha value is -2.14. The summed E-state index contributed by atoms with van der Waals surface area (Å²) in [6.45, 7) is 1.95. The first-order valence-corrected chi connectivity index (χ1v) is 6.29. The van der Waals surface area contributed by atoms with Crippen molar-refractivity contribution < 1.29 is 5.11 Å². The number of allylic oxidation sites excluding steroid dienone is 1. The number of para-hydroxylation sites is 1. The van der Waals surface area contributed by atoms with Crippen molar-refractivity contribution in [1.29, 1.82) is 0 Å². The number of rotatable bonds is 1. The Balaban J connectivity index is 2.13. The fourth-order valence-corrected chi connectivity index (χ4v) is 2.65. The number of hydrogen-bond acceptors (Lipinski definition) is 5. The summed E-state index contributed by atoms with van der Waals surface area (Å²) in [5, 5.41) is 10.0. The van der Waals surface area contributed by atoms with Gasteiger partial charge in [-0.2, -0.15) is 4.98 Å². The highest BCUT2D eigenvalue weighted by Crippen LogP contribution is 2.38. The molecule has 2 aromatic rings. The third-order valence-corrected chi connectivity index (χ3v) is 3.62. The second-order valence-corrected chi connectivity index (χ2v) is 5.07. The van der Waals surface area contributed by atoms with Gasteiger partial charge in [-0.25, -0.2) is 0 Å². The summed E-state index contributed by atoms with van der Waals surface area (Å²) >= 11 is 1.26. The molecular formula is C13H11N3OS. The molecule has 0 unspecified atom stereocenters. The van der Waals surface area contributed by atoms with E-state index in [0.717, 1.165) is 22.5 Å². The van der Waals surface area contributed by atoms with E-state index in [9.17, 15) is 5.11 Å². The topological polar surface area (TPSA) is 71.5 Å². The van der Waals surface area contributed by atoms with E-state index in [2.05, 4.69) is 9.98 Å². The average molecular weight is 257 g/mol. The van der Waals surface area contributed by atoms with Crippen LogP contribution >= 0.6 is 11.3 Å². The SMILES string of the molecule is CC1=Nc2ccccc2C1=Cc1sc(N)nc1O. The standard InChI is InChI=1S/C13H11N3OS/c1-7-9(6-11-12(17)16-13(14)18-11)8-4-2-3-5-10(8)15-7/h2-6,17H,1H3,(H2,14,16). The summed E-state index contributed by atoms with van der Waals surface area (Å²) in [6.07, 6.45) is 1.88. The summed E-state index contributed by atoms with van der Waals surface area (Å²) in [7, 11) is 0. The molecule has 0 spiro atoms. The minimum absolute atomic E-state index is 0.0258. The molecule has 0 saturated heterocycles. The molecule has 1 aromatic carbocycles. The van der Waals surface area contributed by atoms with Gasteiger partial charge in [-0.15, -0.1) is 0 Å². The minimum atomic E-state index is -0.0258. The Morgan fingerprint density at radius 3 is 2.83 bits per heavy atom. The lowest BCUT2D eigenvalue weighted by Crippen LogP contribution is -1.89. The molecular weight excluding hydrogens is 246 g/mol. The van der Waals surface area contributed by atoms with Gasteiger partial charge in [0, 0.05) is 16.8 Å². The molecule has 0 aliphatic carbocycles. The molecule has 0 radical (unpaired) electrons. The predicted octanol–water partition coefficient (Wildman–Crippen LogP) is 3.08. The number of anilines is 1. The Kier molecular flexibility index (Phi) is 2.41. The van der Waals surface area contributed by atoms with E-state index >= 15 is 0 Å². The molecule has 5 heteroatoms. The zero-order valence-electron chi connectivity index (χ0n) is 9.71. The zero-order chi connectivity index (χ0) is 12.7. The van der Waals surface area contributed by atoms with E-state index in [-0.39, 0.29) is 5.88 Å². The first-order valence-electron chi connectivity index (χ1n) is 5.47. The number of thiazole rings is 1. The molecule has 0 fully saturated rings. The number of nitrogens with two attached hydrogens (primary N) is 1. The Morgan fingerprint density at radius 1 is 1.33 bits per heavy atom. The van der Waals surface area contributed by atoms with Crippen molar-refractivity contribution in [3.05, 3.63) is 34.7 Å². The Bertz CT molecular complexity index is 685. The first kappa shape index (κ1) is 11.0. The second kappa shape index (κ2) is 3.96. The highest BCUT2D eigenvalue weighted by Gasteiger charge is 2.18. The Morgan fingerprint density at radius 2 is 2.11 bits per heavy atom. The van der Waals surface area contributed by atoms with Crippen LogP contribution in [0.15, 0.2) is 29.3 Å². The van der Waals surface area contributed by atoms with Crippen molar-refractivity contribution >= 4 is 39.5 Å². The lowest BCUT2D eigenvalue weighted by molar-refractivity contribution is 0.457. The van der Waals surface area contributed by atoms with E-state index in [1.807, 2.05) is 37.3 Å². The van der Waals surface area contributed by atoms with Gasteiger partial charge in [-0.05, 0) is 19.1 Å². The van der Waals surface area contributed by atoms with Crippen molar-refractivity contribution in [3.8, 4) is 5.88 Å². The molecule has 1 aromatic heterocycles. The molecule has 0 bridgehead atoms. The maximum atomic E-state index is 9.66. The van der Waals surface area contributed by atoms with Crippen molar-refractivity contribution in [3.63, 3.8) is 0 Å². The molecule has 0 amide bonds. The van der Waals surface area contributed by atoms with Crippen LogP contribution in [0.1, 0.15) is 17.4 Å². The van der Waals surface area contributed by atoms with Gasteiger partial charge in [0.2, 0.25) is 5.88 Å². The van der Waals surface area contributed by atoms with Crippen LogP contribution < -0.4 is 5.73 Å². The first-order chi connectivity index (χ1) is 8.65. The van der Waals surface area contributed by atoms with Crippen LogP contribution in [0.3, 0.4) is 0 Å². The fraction of sp³-hybridized carbons (Fsp3) is 0.0769. The highest BCUT2D eigenvalue weighted by atomic mass is 32.1. The quantitative estimate of drug-likeness (QED) is 0.824. The van der Waals surface area contributed by atoms with E-state index < -0.39 is 0 Å². The summed E-state index contributed by atoms with van der Waals surface area (Å²) in [5.74, 6) is -0.0258. The number of aromatic hydroxyl groups is 1. The van der Waals surface area contributed by atoms with Gasteiger partial charge in [0.05, 0.1) is 10.6 Å². The number of nitrogens with zero attached hydrogens (tertiary/aromatic N) is 2. The minimum Gasteiger partial charge on any atom is -0.492 e. The van der Waals surface area contributed by atoms with Gasteiger partial charge in [-0.3, -0.25) is 4.99 Å². The molecule has 4 nitrogen and oxygen atoms in total. The summed E-state index contributed by atoms with van der Waals surface area (Å²) in [5.41, 5.74) is 9.54. The van der Waals surface area contributed by atoms with E-state index in [0.29, 0.717) is 10.0 Å². The molecule has 2 heterocycles. The van der Waals surface area contributed by atoms with Gasteiger partial charge < -0.3 is 10.8 Å². The van der Waals surface area contributed by atoms with Gasteiger partial charge in [0.1, 0.15) is 0 Å². The van der Waals surface area contributed by atoms with Gasteiger partial charge >= 0.3 is 0 Å². The van der Waals surface area contributed by atoms with Crippen LogP contribution in [0.4, 0.5) is 10.8 Å². The monoisotopic (exact) mass is 257 g/mol. The van der Waals surface area contributed by atoms with E-state index in [1.165, 1.54) is 11.3 Å². The molecule has 90 valence electrons. The fourth-order valence-electron chi connectivity index (χ4n) is 1.98. The number of nitrogen functional groups attached to an aromatic ring is 1.